The number of rotatable bonds is 7. The summed E-state index contributed by atoms with van der Waals surface area (Å²) in [4.78, 5) is 10.3. The van der Waals surface area contributed by atoms with Crippen molar-refractivity contribution in [2.24, 2.45) is 0 Å². The molecule has 0 radical (unpaired) electrons. The van der Waals surface area contributed by atoms with Crippen LogP contribution in [0.2, 0.25) is 0 Å². The molecule has 1 rings (SSSR count). The lowest BCUT2D eigenvalue weighted by Gasteiger charge is -2.13. The van der Waals surface area contributed by atoms with Crippen molar-refractivity contribution >= 4 is 16.2 Å². The molecule has 6 nitrogen and oxygen atoms in total. The first kappa shape index (κ1) is 12.4. The van der Waals surface area contributed by atoms with Gasteiger partial charge in [-0.1, -0.05) is 0 Å². The molecule has 1 aliphatic carbocycles. The highest BCUT2D eigenvalue weighted by Gasteiger charge is 2.27. The fourth-order valence-electron chi connectivity index (χ4n) is 1.12. The smallest absolute Gasteiger partial charge is 0.303 e. The van der Waals surface area contributed by atoms with Gasteiger partial charge in [0.25, 0.3) is 10.2 Å². The second-order valence-corrected chi connectivity index (χ2v) is 5.33. The number of hydrogen-bond acceptors (Lipinski definition) is 3. The molecule has 1 atom stereocenters. The van der Waals surface area contributed by atoms with Gasteiger partial charge in [-0.15, -0.1) is 0 Å². The highest BCUT2D eigenvalue weighted by Crippen LogP contribution is 2.19. The molecule has 0 amide bonds. The Balaban J connectivity index is 2.28. The van der Waals surface area contributed by atoms with E-state index in [1.807, 2.05) is 0 Å². The lowest BCUT2D eigenvalue weighted by molar-refractivity contribution is -0.137. The van der Waals surface area contributed by atoms with Crippen molar-refractivity contribution in [2.75, 3.05) is 0 Å². The van der Waals surface area contributed by atoms with E-state index in [1.54, 1.807) is 6.92 Å². The SMILES string of the molecule is CC(CCC(=O)O)NS(=O)(=O)NC1CC1. The molecule has 0 aliphatic heterocycles. The van der Waals surface area contributed by atoms with Gasteiger partial charge in [-0.2, -0.15) is 17.9 Å². The van der Waals surface area contributed by atoms with Crippen molar-refractivity contribution in [3.05, 3.63) is 0 Å². The number of carbonyl (C=O) groups is 1. The number of carboxylic acid groups (broad SMARTS) is 1. The third-order valence-electron chi connectivity index (χ3n) is 2.05. The van der Waals surface area contributed by atoms with Gasteiger partial charge in [0.05, 0.1) is 0 Å². The molecule has 0 aromatic rings. The molecule has 1 unspecified atom stereocenters. The largest absolute Gasteiger partial charge is 0.481 e. The zero-order valence-electron chi connectivity index (χ0n) is 8.56. The number of nitrogens with one attached hydrogen (secondary N) is 2. The first-order valence-corrected chi connectivity index (χ1v) is 6.39. The molecule has 15 heavy (non-hydrogen) atoms. The molecular formula is C8H16N2O4S. The normalized spacial score (nSPS) is 18.7. The van der Waals surface area contributed by atoms with E-state index in [4.69, 9.17) is 5.11 Å². The topological polar surface area (TPSA) is 95.5 Å². The summed E-state index contributed by atoms with van der Waals surface area (Å²) in [5.74, 6) is -0.920. The summed E-state index contributed by atoms with van der Waals surface area (Å²) in [7, 11) is -3.46. The molecule has 0 saturated heterocycles. The van der Waals surface area contributed by atoms with E-state index in [1.165, 1.54) is 0 Å². The zero-order valence-corrected chi connectivity index (χ0v) is 9.38. The molecule has 88 valence electrons. The molecule has 0 heterocycles. The Morgan fingerprint density at radius 2 is 2.13 bits per heavy atom. The van der Waals surface area contributed by atoms with E-state index in [0.29, 0.717) is 6.42 Å². The molecule has 1 saturated carbocycles. The van der Waals surface area contributed by atoms with Gasteiger partial charge in [0.1, 0.15) is 0 Å². The summed E-state index contributed by atoms with van der Waals surface area (Å²) in [6.45, 7) is 1.65. The summed E-state index contributed by atoms with van der Waals surface area (Å²) >= 11 is 0. The maximum absolute atomic E-state index is 11.4. The van der Waals surface area contributed by atoms with Crippen molar-refractivity contribution in [1.29, 1.82) is 0 Å². The maximum Gasteiger partial charge on any atom is 0.303 e. The minimum absolute atomic E-state index is 0.0346. The molecule has 0 bridgehead atoms. The van der Waals surface area contributed by atoms with Crippen LogP contribution < -0.4 is 9.44 Å². The van der Waals surface area contributed by atoms with E-state index in [9.17, 15) is 13.2 Å². The van der Waals surface area contributed by atoms with Gasteiger partial charge in [0, 0.05) is 18.5 Å². The molecule has 0 aromatic heterocycles. The van der Waals surface area contributed by atoms with Gasteiger partial charge < -0.3 is 5.11 Å². The average molecular weight is 236 g/mol. The Bertz CT molecular complexity index is 324. The first-order chi connectivity index (χ1) is 6.89. The van der Waals surface area contributed by atoms with Crippen LogP contribution >= 0.6 is 0 Å². The van der Waals surface area contributed by atoms with Gasteiger partial charge in [-0.05, 0) is 26.2 Å². The molecule has 1 fully saturated rings. The van der Waals surface area contributed by atoms with Gasteiger partial charge in [0.15, 0.2) is 0 Å². The summed E-state index contributed by atoms with van der Waals surface area (Å²) in [6.07, 6.45) is 2.02. The Morgan fingerprint density at radius 3 is 2.60 bits per heavy atom. The van der Waals surface area contributed by atoms with Gasteiger partial charge in [-0.3, -0.25) is 4.79 Å². The summed E-state index contributed by atoms with van der Waals surface area (Å²) in [5, 5.41) is 8.42. The second-order valence-electron chi connectivity index (χ2n) is 3.85. The fourth-order valence-corrected chi connectivity index (χ4v) is 2.51. The molecule has 3 N–H and O–H groups in total. The van der Waals surface area contributed by atoms with Crippen LogP contribution in [0.25, 0.3) is 0 Å². The molecular weight excluding hydrogens is 220 g/mol. The van der Waals surface area contributed by atoms with Gasteiger partial charge in [0.2, 0.25) is 0 Å². The average Bonchev–Trinajstić information content (AvgIpc) is 2.82. The molecule has 0 spiro atoms. The monoisotopic (exact) mass is 236 g/mol. The van der Waals surface area contributed by atoms with Crippen molar-refractivity contribution < 1.29 is 18.3 Å². The predicted octanol–water partition coefficient (Wildman–Crippen LogP) is -0.174. The van der Waals surface area contributed by atoms with Crippen LogP contribution in [0.5, 0.6) is 0 Å². The summed E-state index contributed by atoms with van der Waals surface area (Å²) in [6, 6.07) is -0.300. The van der Waals surface area contributed by atoms with Gasteiger partial charge in [-0.25, -0.2) is 0 Å². The quantitative estimate of drug-likeness (QED) is 0.571. The van der Waals surface area contributed by atoms with E-state index >= 15 is 0 Å². The third kappa shape index (κ3) is 5.71. The molecule has 1 aliphatic rings. The molecule has 7 heteroatoms. The highest BCUT2D eigenvalue weighted by atomic mass is 32.2. The van der Waals surface area contributed by atoms with E-state index in [2.05, 4.69) is 9.44 Å². The lowest BCUT2D eigenvalue weighted by Crippen LogP contribution is -2.42. The second kappa shape index (κ2) is 4.91. The zero-order chi connectivity index (χ0) is 11.5. The van der Waals surface area contributed by atoms with Crippen LogP contribution in [0.4, 0.5) is 0 Å². The number of hydrogen-bond donors (Lipinski definition) is 3. The van der Waals surface area contributed by atoms with Crippen molar-refractivity contribution in [3.63, 3.8) is 0 Å². The van der Waals surface area contributed by atoms with E-state index < -0.39 is 16.2 Å². The molecule has 0 aromatic carbocycles. The summed E-state index contributed by atoms with van der Waals surface area (Å²) < 4.78 is 27.6. The fraction of sp³-hybridized carbons (Fsp3) is 0.875. The van der Waals surface area contributed by atoms with Crippen LogP contribution in [0.15, 0.2) is 0 Å². The predicted molar refractivity (Wildman–Crippen MR) is 54.5 cm³/mol. The van der Waals surface area contributed by atoms with Crippen LogP contribution in [-0.2, 0) is 15.0 Å². The first-order valence-electron chi connectivity index (χ1n) is 4.90. The number of aliphatic carboxylic acids is 1. The minimum atomic E-state index is -3.46. The van der Waals surface area contributed by atoms with E-state index in [-0.39, 0.29) is 18.5 Å². The Labute approximate surface area is 89.2 Å². The standard InChI is InChI=1S/C8H16N2O4S/c1-6(2-5-8(11)12)9-15(13,14)10-7-3-4-7/h6-7,9-10H,2-5H2,1H3,(H,11,12). The number of carboxylic acids is 1. The third-order valence-corrected chi connectivity index (χ3v) is 3.40. The summed E-state index contributed by atoms with van der Waals surface area (Å²) in [5.41, 5.74) is 0. The Hall–Kier alpha value is -0.660. The maximum atomic E-state index is 11.4. The Morgan fingerprint density at radius 1 is 1.53 bits per heavy atom. The van der Waals surface area contributed by atoms with Crippen LogP contribution in [0.1, 0.15) is 32.6 Å². The van der Waals surface area contributed by atoms with Crippen LogP contribution in [0, 0.1) is 0 Å². The van der Waals surface area contributed by atoms with Crippen molar-refractivity contribution in [2.45, 2.75) is 44.7 Å². The van der Waals surface area contributed by atoms with Crippen LogP contribution in [0.3, 0.4) is 0 Å². The van der Waals surface area contributed by atoms with Crippen molar-refractivity contribution in [3.8, 4) is 0 Å². The van der Waals surface area contributed by atoms with Gasteiger partial charge >= 0.3 is 5.97 Å². The highest BCUT2D eigenvalue weighted by molar-refractivity contribution is 7.87. The van der Waals surface area contributed by atoms with Crippen molar-refractivity contribution in [1.82, 2.24) is 9.44 Å². The minimum Gasteiger partial charge on any atom is -0.481 e. The van der Waals surface area contributed by atoms with Crippen LogP contribution in [-0.4, -0.2) is 31.6 Å². The van der Waals surface area contributed by atoms with E-state index in [0.717, 1.165) is 12.8 Å². The Kier molecular flexibility index (Phi) is 4.06. The lowest BCUT2D eigenvalue weighted by atomic mass is 10.2.